The van der Waals surface area contributed by atoms with Gasteiger partial charge in [-0.25, -0.2) is 29.9 Å². The van der Waals surface area contributed by atoms with E-state index < -0.39 is 0 Å². The zero-order chi connectivity index (χ0) is 52.3. The van der Waals surface area contributed by atoms with Gasteiger partial charge >= 0.3 is 0 Å². The van der Waals surface area contributed by atoms with Crippen molar-refractivity contribution in [3.63, 3.8) is 0 Å². The van der Waals surface area contributed by atoms with Gasteiger partial charge in [-0.2, -0.15) is 0 Å². The van der Waals surface area contributed by atoms with Gasteiger partial charge in [0.2, 0.25) is 0 Å². The molecule has 0 radical (unpaired) electrons. The second-order valence-corrected chi connectivity index (χ2v) is 20.8. The summed E-state index contributed by atoms with van der Waals surface area (Å²) in [5.74, 6) is 2.29. The molecular formula is C56H54N14O6. The standard InChI is InChI=1S/2C28H27N7O3/c2*1-14-9-15(2)30-26(29-14)17-11-21-25-22(12-17)38-18-10-16(3)34(13-18)7-8-35-28(37)20-6-4-5-19(23(20)33-35)24(32-25)27(36)31-21/h2*4-6,9,11-12,16,18,33H,7-8,10,13H2,1-3H3,(H,31,36)/t2*16-,18?/m11/s1. The number of fused-ring (bicyclic) bond motifs is 10. The maximum atomic E-state index is 13.4. The average Bonchev–Trinajstić information content (AvgIpc) is 4.17. The normalized spacial score (nSPS) is 20.8. The summed E-state index contributed by atoms with van der Waals surface area (Å²) in [6.45, 7) is 16.0. The van der Waals surface area contributed by atoms with E-state index in [2.05, 4.69) is 63.7 Å². The molecule has 6 aromatic heterocycles. The Morgan fingerprint density at radius 3 is 1.33 bits per heavy atom. The lowest BCUT2D eigenvalue weighted by Gasteiger charge is -2.21. The number of H-pyrrole nitrogens is 4. The molecule has 4 aliphatic rings. The summed E-state index contributed by atoms with van der Waals surface area (Å²) < 4.78 is 16.5. The minimum atomic E-state index is -0.351. The predicted octanol–water partition coefficient (Wildman–Crippen LogP) is 6.32. The Morgan fingerprint density at radius 1 is 0.513 bits per heavy atom. The van der Waals surface area contributed by atoms with Crippen LogP contribution >= 0.6 is 0 Å². The van der Waals surface area contributed by atoms with Crippen LogP contribution in [0.25, 0.3) is 89.2 Å². The molecule has 6 atom stereocenters. The lowest BCUT2D eigenvalue weighted by atomic mass is 10.1. The van der Waals surface area contributed by atoms with Crippen molar-refractivity contribution in [2.75, 3.05) is 26.2 Å². The van der Waals surface area contributed by atoms with Crippen LogP contribution in [-0.4, -0.2) is 120 Å². The molecule has 2 saturated heterocycles. The third-order valence-electron chi connectivity index (χ3n) is 15.2. The molecular weight excluding hydrogens is 965 g/mol. The second kappa shape index (κ2) is 18.0. The van der Waals surface area contributed by atoms with Gasteiger partial charge in [0, 0.05) is 96.1 Å². The number of nitrogens with zero attached hydrogens (tertiary/aromatic N) is 10. The maximum absolute atomic E-state index is 13.4. The monoisotopic (exact) mass is 1020 g/mol. The Hall–Kier alpha value is -8.62. The molecule has 20 heteroatoms. The molecule has 4 unspecified atom stereocenters. The first-order chi connectivity index (χ1) is 36.7. The van der Waals surface area contributed by atoms with Crippen LogP contribution in [0.1, 0.15) is 49.5 Å². The Balaban J connectivity index is 0.000000146. The first kappa shape index (κ1) is 47.1. The van der Waals surface area contributed by atoms with Gasteiger partial charge in [0.1, 0.15) is 46.1 Å². The van der Waals surface area contributed by atoms with Gasteiger partial charge in [-0.15, -0.1) is 0 Å². The van der Waals surface area contributed by atoms with Crippen LogP contribution in [0.3, 0.4) is 0 Å². The number of para-hydroxylation sites is 2. The predicted molar refractivity (Wildman–Crippen MR) is 289 cm³/mol. The number of hydrogen-bond donors (Lipinski definition) is 4. The molecule has 12 bridgehead atoms. The number of aromatic amines is 4. The molecule has 4 aromatic carbocycles. The number of nitrogens with one attached hydrogen (secondary N) is 4. The van der Waals surface area contributed by atoms with Crippen molar-refractivity contribution in [1.29, 1.82) is 0 Å². The number of benzene rings is 4. The average molecular weight is 1020 g/mol. The fraction of sp³-hybridized carbons (Fsp3) is 0.321. The molecule has 384 valence electrons. The maximum Gasteiger partial charge on any atom is 0.275 e. The molecule has 4 N–H and O–H groups in total. The third-order valence-corrected chi connectivity index (χ3v) is 15.2. The van der Waals surface area contributed by atoms with Crippen molar-refractivity contribution >= 4 is 43.9 Å². The Kier molecular flexibility index (Phi) is 11.2. The van der Waals surface area contributed by atoms with Crippen LogP contribution in [0, 0.1) is 27.7 Å². The van der Waals surface area contributed by atoms with Crippen molar-refractivity contribution in [3.05, 3.63) is 137 Å². The quantitative estimate of drug-likeness (QED) is 0.148. The molecule has 0 spiro atoms. The largest absolute Gasteiger partial charge is 0.487 e. The smallest absolute Gasteiger partial charge is 0.275 e. The Labute approximate surface area is 432 Å². The van der Waals surface area contributed by atoms with Crippen LogP contribution in [0.15, 0.2) is 92.0 Å². The van der Waals surface area contributed by atoms with Gasteiger partial charge in [0.15, 0.2) is 11.6 Å². The highest BCUT2D eigenvalue weighted by atomic mass is 16.5. The lowest BCUT2D eigenvalue weighted by Crippen LogP contribution is -2.33. The van der Waals surface area contributed by atoms with Crippen LogP contribution in [0.4, 0.5) is 0 Å². The number of rotatable bonds is 2. The van der Waals surface area contributed by atoms with Gasteiger partial charge < -0.3 is 19.4 Å². The van der Waals surface area contributed by atoms with Gasteiger partial charge in [0.25, 0.3) is 22.2 Å². The van der Waals surface area contributed by atoms with Crippen LogP contribution in [0.5, 0.6) is 11.5 Å². The number of aromatic nitrogens is 12. The van der Waals surface area contributed by atoms with E-state index in [1.807, 2.05) is 76.2 Å². The van der Waals surface area contributed by atoms with E-state index in [0.29, 0.717) is 116 Å². The number of aryl methyl sites for hydroxylation is 4. The van der Waals surface area contributed by atoms with Crippen LogP contribution in [-0.2, 0) is 13.1 Å². The van der Waals surface area contributed by atoms with E-state index in [-0.39, 0.29) is 45.8 Å². The minimum absolute atomic E-state index is 0.0671. The highest BCUT2D eigenvalue weighted by Gasteiger charge is 2.34. The van der Waals surface area contributed by atoms with E-state index in [9.17, 15) is 19.2 Å². The van der Waals surface area contributed by atoms with E-state index in [1.54, 1.807) is 33.6 Å². The van der Waals surface area contributed by atoms with E-state index in [1.165, 1.54) is 0 Å². The molecule has 0 amide bonds. The third kappa shape index (κ3) is 8.24. The highest BCUT2D eigenvalue weighted by molar-refractivity contribution is 5.96. The molecule has 76 heavy (non-hydrogen) atoms. The zero-order valence-electron chi connectivity index (χ0n) is 42.8. The second-order valence-electron chi connectivity index (χ2n) is 20.8. The first-order valence-corrected chi connectivity index (χ1v) is 25.7. The van der Waals surface area contributed by atoms with Gasteiger partial charge in [0.05, 0.1) is 45.9 Å². The van der Waals surface area contributed by atoms with E-state index in [0.717, 1.165) is 59.8 Å². The van der Waals surface area contributed by atoms with Gasteiger partial charge in [-0.3, -0.25) is 48.5 Å². The Bertz CT molecular complexity index is 3970. The molecule has 20 nitrogen and oxygen atoms in total. The van der Waals surface area contributed by atoms with Crippen molar-refractivity contribution in [2.24, 2.45) is 0 Å². The molecule has 14 rings (SSSR count). The summed E-state index contributed by atoms with van der Waals surface area (Å²) in [7, 11) is 0. The summed E-state index contributed by atoms with van der Waals surface area (Å²) in [6, 6.07) is 22.7. The minimum Gasteiger partial charge on any atom is -0.487 e. The van der Waals surface area contributed by atoms with E-state index in [4.69, 9.17) is 19.4 Å². The number of hydrogen-bond acceptors (Lipinski definition) is 14. The molecule has 2 fully saturated rings. The molecule has 10 aromatic rings. The molecule has 4 aliphatic heterocycles. The highest BCUT2D eigenvalue weighted by Crippen LogP contribution is 2.36. The number of ether oxygens (including phenoxy) is 2. The topological polar surface area (TPSA) is 244 Å². The lowest BCUT2D eigenvalue weighted by molar-refractivity contribution is 0.195. The SMILES string of the molecule is Cc1cc(C)nc(-c2cc3c4nc(c(=O)[nH]c4c2)-c2cccc4c(=O)n([nH]c24)CCN2CC(C[C@H]2C)O3)n1.Cc1cc(C)nc(-c2cc3c4nc(c(=O)[nH]c4c2)-c2cccc4c(=O)n([nH]c24)CCN2CC(C[C@H]2C)O3)n1. The van der Waals surface area contributed by atoms with Crippen molar-refractivity contribution in [2.45, 2.75) is 91.8 Å². The summed E-state index contributed by atoms with van der Waals surface area (Å²) in [4.78, 5) is 92.1. The van der Waals surface area contributed by atoms with E-state index >= 15 is 0 Å². The summed E-state index contributed by atoms with van der Waals surface area (Å²) in [5.41, 5.74) is 9.03. The molecule has 0 aliphatic carbocycles. The molecule has 10 heterocycles. The van der Waals surface area contributed by atoms with Crippen molar-refractivity contribution < 1.29 is 9.47 Å². The van der Waals surface area contributed by atoms with Crippen molar-refractivity contribution in [1.82, 2.24) is 69.2 Å². The molecule has 0 saturated carbocycles. The van der Waals surface area contributed by atoms with Gasteiger partial charge in [-0.1, -0.05) is 24.3 Å². The zero-order valence-corrected chi connectivity index (χ0v) is 42.8. The fourth-order valence-electron chi connectivity index (χ4n) is 11.6. The summed E-state index contributed by atoms with van der Waals surface area (Å²) in [6.07, 6.45) is 1.54. The summed E-state index contributed by atoms with van der Waals surface area (Å²) in [5, 5.41) is 7.56. The fourth-order valence-corrected chi connectivity index (χ4v) is 11.6. The first-order valence-electron chi connectivity index (χ1n) is 25.7. The van der Waals surface area contributed by atoms with Gasteiger partial charge in [-0.05, 0) is 90.1 Å². The van der Waals surface area contributed by atoms with Crippen molar-refractivity contribution in [3.8, 4) is 56.8 Å². The van der Waals surface area contributed by atoms with Crippen LogP contribution in [0.2, 0.25) is 0 Å². The Morgan fingerprint density at radius 2 is 0.921 bits per heavy atom. The van der Waals surface area contributed by atoms with Crippen LogP contribution < -0.4 is 31.7 Å². The summed E-state index contributed by atoms with van der Waals surface area (Å²) >= 11 is 0.